The van der Waals surface area contributed by atoms with E-state index in [1.807, 2.05) is 32.1 Å². The lowest BCUT2D eigenvalue weighted by Gasteiger charge is -1.93. The van der Waals surface area contributed by atoms with Gasteiger partial charge in [-0.05, 0) is 31.1 Å². The smallest absolute Gasteiger partial charge is 0.0206 e. The second-order valence-corrected chi connectivity index (χ2v) is 2.30. The molecule has 0 spiro atoms. The quantitative estimate of drug-likeness (QED) is 0.423. The largest absolute Gasteiger partial charge is 0.129 e. The number of rotatable bonds is 3. The molecule has 0 aliphatic carbocycles. The van der Waals surface area contributed by atoms with E-state index in [1.165, 1.54) is 11.1 Å². The highest BCUT2D eigenvalue weighted by Gasteiger charge is 1.84. The van der Waals surface area contributed by atoms with Crippen molar-refractivity contribution in [3.63, 3.8) is 0 Å². The predicted octanol–water partition coefficient (Wildman–Crippen LogP) is 3.41. The average Bonchev–Trinajstić information content (AvgIpc) is 2.03. The lowest BCUT2D eigenvalue weighted by molar-refractivity contribution is 1.38. The Hall–Kier alpha value is -1.26. The third-order valence-corrected chi connectivity index (χ3v) is 1.49. The van der Waals surface area contributed by atoms with Crippen LogP contribution in [0.2, 0.25) is 0 Å². The first-order valence-electron chi connectivity index (χ1n) is 3.54. The molecule has 0 N–H and O–H groups in total. The molecule has 0 rings (SSSR count). The Balaban J connectivity index is 4.37. The first-order valence-corrected chi connectivity index (χ1v) is 3.54. The van der Waals surface area contributed by atoms with Gasteiger partial charge in [0.2, 0.25) is 0 Å². The van der Waals surface area contributed by atoms with E-state index in [0.29, 0.717) is 0 Å². The Morgan fingerprint density at radius 2 is 1.91 bits per heavy atom. The molecule has 0 saturated carbocycles. The van der Waals surface area contributed by atoms with Crippen LogP contribution in [0.1, 0.15) is 13.8 Å². The van der Waals surface area contributed by atoms with Crippen LogP contribution in [-0.4, -0.2) is 0 Å². The number of allylic oxidation sites excluding steroid dienone is 6. The van der Waals surface area contributed by atoms with Gasteiger partial charge in [-0.25, -0.2) is 0 Å². The molecule has 11 heavy (non-hydrogen) atoms. The maximum absolute atomic E-state index is 3.68. The second kappa shape index (κ2) is 5.52. The van der Waals surface area contributed by atoms with Gasteiger partial charge in [0.25, 0.3) is 0 Å². The summed E-state index contributed by atoms with van der Waals surface area (Å²) < 4.78 is 0. The molecule has 0 saturated heterocycles. The molecule has 0 bridgehead atoms. The van der Waals surface area contributed by atoms with Crippen molar-refractivity contribution in [2.24, 2.45) is 0 Å². The van der Waals surface area contributed by atoms with Gasteiger partial charge in [0, 0.05) is 0 Å². The molecule has 0 heteroatoms. The van der Waals surface area contributed by atoms with Crippen molar-refractivity contribution in [3.05, 3.63) is 54.3 Å². The molecule has 0 nitrogen and oxygen atoms in total. The Labute approximate surface area is 68.9 Å². The fourth-order valence-corrected chi connectivity index (χ4v) is 0.553. The summed E-state index contributed by atoms with van der Waals surface area (Å²) in [5, 5.41) is 0. The van der Waals surface area contributed by atoms with Gasteiger partial charge in [0.15, 0.2) is 0 Å². The minimum Gasteiger partial charge on any atom is -0.129 e. The summed E-state index contributed by atoms with van der Waals surface area (Å²) >= 11 is 0. The van der Waals surface area contributed by atoms with E-state index in [4.69, 9.17) is 0 Å². The van der Waals surface area contributed by atoms with Gasteiger partial charge in [-0.1, -0.05) is 31.4 Å². The Morgan fingerprint density at radius 1 is 1.27 bits per heavy atom. The van der Waals surface area contributed by atoms with Crippen molar-refractivity contribution >= 4 is 0 Å². The van der Waals surface area contributed by atoms with Crippen LogP contribution in [0, 0.1) is 0 Å². The standard InChI is InChI=1S/C11H14/c1-5-7-8-9-11(4)10(3)6-2/h6-9H,1-2H2,3-4H3. The summed E-state index contributed by atoms with van der Waals surface area (Å²) in [4.78, 5) is 0. The summed E-state index contributed by atoms with van der Waals surface area (Å²) in [7, 11) is 0. The van der Waals surface area contributed by atoms with Gasteiger partial charge in [-0.2, -0.15) is 0 Å². The van der Waals surface area contributed by atoms with E-state index >= 15 is 0 Å². The maximum atomic E-state index is 3.68. The molecule has 0 aliphatic heterocycles. The highest BCUT2D eigenvalue weighted by molar-refractivity contribution is 5.30. The molecular formula is C11H14. The van der Waals surface area contributed by atoms with Crippen molar-refractivity contribution in [1.29, 1.82) is 0 Å². The van der Waals surface area contributed by atoms with Crippen LogP contribution in [0.3, 0.4) is 0 Å². The fraction of sp³-hybridized carbons (Fsp3) is 0.182. The first kappa shape index (κ1) is 9.74. The normalized spacial score (nSPS) is 12.2. The Bertz CT molecular complexity index is 233. The summed E-state index contributed by atoms with van der Waals surface area (Å²) in [6, 6.07) is 0. The van der Waals surface area contributed by atoms with Gasteiger partial charge >= 0.3 is 0 Å². The lowest BCUT2D eigenvalue weighted by atomic mass is 10.1. The van der Waals surface area contributed by atoms with Crippen LogP contribution in [0.25, 0.3) is 0 Å². The molecule has 0 aliphatic rings. The van der Waals surface area contributed by atoms with Gasteiger partial charge in [0.1, 0.15) is 0 Å². The summed E-state index contributed by atoms with van der Waals surface area (Å²) in [5.41, 5.74) is 5.08. The van der Waals surface area contributed by atoms with Crippen LogP contribution in [-0.2, 0) is 0 Å². The number of hydrogen-bond donors (Lipinski definition) is 0. The van der Waals surface area contributed by atoms with Crippen molar-refractivity contribution in [2.45, 2.75) is 13.8 Å². The van der Waals surface area contributed by atoms with Crippen LogP contribution in [0.5, 0.6) is 0 Å². The highest BCUT2D eigenvalue weighted by atomic mass is 13.9. The van der Waals surface area contributed by atoms with Gasteiger partial charge in [-0.3, -0.25) is 0 Å². The van der Waals surface area contributed by atoms with Crippen LogP contribution in [0.4, 0.5) is 0 Å². The van der Waals surface area contributed by atoms with E-state index in [0.717, 1.165) is 0 Å². The lowest BCUT2D eigenvalue weighted by Crippen LogP contribution is -1.73. The monoisotopic (exact) mass is 146 g/mol. The molecule has 0 aromatic carbocycles. The summed E-state index contributed by atoms with van der Waals surface area (Å²) in [5.74, 6) is 0. The van der Waals surface area contributed by atoms with E-state index in [2.05, 4.69) is 18.9 Å². The maximum Gasteiger partial charge on any atom is -0.0206 e. The van der Waals surface area contributed by atoms with Gasteiger partial charge in [-0.15, -0.1) is 5.73 Å². The molecular weight excluding hydrogens is 132 g/mol. The fourth-order valence-electron chi connectivity index (χ4n) is 0.553. The third kappa shape index (κ3) is 4.19. The zero-order valence-corrected chi connectivity index (χ0v) is 7.22. The minimum atomic E-state index is 1.19. The highest BCUT2D eigenvalue weighted by Crippen LogP contribution is 2.04. The van der Waals surface area contributed by atoms with Crippen LogP contribution < -0.4 is 0 Å². The zero-order chi connectivity index (χ0) is 8.69. The molecule has 0 aromatic rings. The van der Waals surface area contributed by atoms with Crippen molar-refractivity contribution in [3.8, 4) is 0 Å². The van der Waals surface area contributed by atoms with Crippen LogP contribution >= 0.6 is 0 Å². The second-order valence-electron chi connectivity index (χ2n) is 2.30. The minimum absolute atomic E-state index is 1.19. The SMILES string of the molecule is C=C=CC=CC(C)=C(C)C=C. The molecule has 0 amide bonds. The van der Waals surface area contributed by atoms with Gasteiger partial charge < -0.3 is 0 Å². The molecule has 0 fully saturated rings. The average molecular weight is 146 g/mol. The Kier molecular flexibility index (Phi) is 4.89. The van der Waals surface area contributed by atoms with Crippen LogP contribution in [0.15, 0.2) is 54.3 Å². The first-order chi connectivity index (χ1) is 5.22. The molecule has 0 aromatic heterocycles. The molecule has 58 valence electrons. The van der Waals surface area contributed by atoms with Gasteiger partial charge in [0.05, 0.1) is 0 Å². The molecule has 0 unspecified atom stereocenters. The molecule has 0 radical (unpaired) electrons. The zero-order valence-electron chi connectivity index (χ0n) is 7.22. The predicted molar refractivity (Wildman–Crippen MR) is 51.4 cm³/mol. The third-order valence-electron chi connectivity index (χ3n) is 1.49. The Morgan fingerprint density at radius 3 is 2.36 bits per heavy atom. The summed E-state index contributed by atoms with van der Waals surface area (Å²) in [6.45, 7) is 11.2. The van der Waals surface area contributed by atoms with E-state index < -0.39 is 0 Å². The van der Waals surface area contributed by atoms with Crippen molar-refractivity contribution in [2.75, 3.05) is 0 Å². The van der Waals surface area contributed by atoms with E-state index in [1.54, 1.807) is 6.08 Å². The van der Waals surface area contributed by atoms with Crippen molar-refractivity contribution < 1.29 is 0 Å². The van der Waals surface area contributed by atoms with E-state index in [-0.39, 0.29) is 0 Å². The summed E-state index contributed by atoms with van der Waals surface area (Å²) in [6.07, 6.45) is 7.54. The topological polar surface area (TPSA) is 0 Å². The molecule has 0 heterocycles. The number of hydrogen-bond acceptors (Lipinski definition) is 0. The van der Waals surface area contributed by atoms with E-state index in [9.17, 15) is 0 Å². The van der Waals surface area contributed by atoms with Crippen molar-refractivity contribution in [1.82, 2.24) is 0 Å². The molecule has 0 atom stereocenters.